The predicted octanol–water partition coefficient (Wildman–Crippen LogP) is 2.84. The van der Waals surface area contributed by atoms with Gasteiger partial charge in [0.2, 0.25) is 0 Å². The fourth-order valence-electron chi connectivity index (χ4n) is 1.98. The van der Waals surface area contributed by atoms with E-state index in [9.17, 15) is 0 Å². The molecule has 0 spiro atoms. The molecule has 1 aromatic heterocycles. The quantitative estimate of drug-likeness (QED) is 0.809. The zero-order valence-electron chi connectivity index (χ0n) is 9.96. The average molecular weight is 215 g/mol. The van der Waals surface area contributed by atoms with Gasteiger partial charge in [0.25, 0.3) is 0 Å². The molecule has 0 fully saturated rings. The molecule has 0 radical (unpaired) electrons. The molecule has 0 aliphatic carbocycles. The predicted molar refractivity (Wildman–Crippen MR) is 67.3 cm³/mol. The number of H-pyrrole nitrogens is 1. The van der Waals surface area contributed by atoms with Gasteiger partial charge in [-0.05, 0) is 31.4 Å². The summed E-state index contributed by atoms with van der Waals surface area (Å²) in [5.41, 5.74) is 11.8. The summed E-state index contributed by atoms with van der Waals surface area (Å²) in [5, 5.41) is 7.12. The summed E-state index contributed by atoms with van der Waals surface area (Å²) in [6.45, 7) is 6.33. The van der Waals surface area contributed by atoms with E-state index in [2.05, 4.69) is 49.2 Å². The van der Waals surface area contributed by atoms with Gasteiger partial charge in [0.05, 0.1) is 5.69 Å². The summed E-state index contributed by atoms with van der Waals surface area (Å²) >= 11 is 0. The normalized spacial score (nSPS) is 10.7. The highest BCUT2D eigenvalue weighted by Crippen LogP contribution is 2.29. The maximum Gasteiger partial charge on any atom is 0.149 e. The third-order valence-electron chi connectivity index (χ3n) is 3.13. The minimum atomic E-state index is 0.610. The monoisotopic (exact) mass is 215 g/mol. The number of nitrogens with one attached hydrogen (secondary N) is 1. The molecule has 0 unspecified atom stereocenters. The second-order valence-corrected chi connectivity index (χ2v) is 4.06. The van der Waals surface area contributed by atoms with Gasteiger partial charge in [-0.3, -0.25) is 5.10 Å². The second kappa shape index (κ2) is 4.00. The number of nitrogens with zero attached hydrogens (tertiary/aromatic N) is 1. The molecule has 0 saturated carbocycles. The van der Waals surface area contributed by atoms with Crippen LogP contribution in [0, 0.1) is 13.8 Å². The lowest BCUT2D eigenvalue weighted by atomic mass is 9.98. The molecule has 3 nitrogen and oxygen atoms in total. The molecule has 84 valence electrons. The van der Waals surface area contributed by atoms with Crippen LogP contribution in [0.4, 0.5) is 5.82 Å². The molecule has 0 saturated heterocycles. The van der Waals surface area contributed by atoms with E-state index in [0.717, 1.165) is 17.7 Å². The topological polar surface area (TPSA) is 54.7 Å². The molecule has 16 heavy (non-hydrogen) atoms. The first-order chi connectivity index (χ1) is 7.65. The smallest absolute Gasteiger partial charge is 0.149 e. The lowest BCUT2D eigenvalue weighted by Crippen LogP contribution is -1.93. The van der Waals surface area contributed by atoms with Crippen molar-refractivity contribution in [1.29, 1.82) is 0 Å². The zero-order valence-corrected chi connectivity index (χ0v) is 9.96. The Labute approximate surface area is 95.7 Å². The molecule has 3 N–H and O–H groups in total. The number of anilines is 1. The van der Waals surface area contributed by atoms with E-state index in [4.69, 9.17) is 5.73 Å². The summed E-state index contributed by atoms with van der Waals surface area (Å²) in [6, 6.07) is 6.28. The Morgan fingerprint density at radius 2 is 2.06 bits per heavy atom. The molecule has 0 bridgehead atoms. The van der Waals surface area contributed by atoms with Crippen molar-refractivity contribution in [3.63, 3.8) is 0 Å². The van der Waals surface area contributed by atoms with Crippen LogP contribution in [-0.4, -0.2) is 10.2 Å². The van der Waals surface area contributed by atoms with E-state index in [0.29, 0.717) is 5.82 Å². The molecule has 2 rings (SSSR count). The number of nitrogens with two attached hydrogens (primary N) is 1. The standard InChI is InChI=1S/C13H17N3/c1-4-10-12(15-16-13(10)14)11-7-5-6-8(2)9(11)3/h5-7H,4H2,1-3H3,(H3,14,15,16). The van der Waals surface area contributed by atoms with Crippen molar-refractivity contribution in [3.8, 4) is 11.3 Å². The van der Waals surface area contributed by atoms with Gasteiger partial charge in [-0.1, -0.05) is 25.1 Å². The van der Waals surface area contributed by atoms with Crippen LogP contribution in [0.3, 0.4) is 0 Å². The van der Waals surface area contributed by atoms with Gasteiger partial charge in [-0.15, -0.1) is 0 Å². The largest absolute Gasteiger partial charge is 0.382 e. The van der Waals surface area contributed by atoms with Gasteiger partial charge in [-0.25, -0.2) is 0 Å². The maximum absolute atomic E-state index is 5.83. The molecule has 3 heteroatoms. The Morgan fingerprint density at radius 3 is 2.75 bits per heavy atom. The fourth-order valence-corrected chi connectivity index (χ4v) is 1.98. The van der Waals surface area contributed by atoms with Crippen molar-refractivity contribution in [2.24, 2.45) is 0 Å². The van der Waals surface area contributed by atoms with Crippen LogP contribution < -0.4 is 5.73 Å². The Morgan fingerprint density at radius 1 is 1.31 bits per heavy atom. The van der Waals surface area contributed by atoms with Crippen molar-refractivity contribution in [3.05, 3.63) is 34.9 Å². The summed E-state index contributed by atoms with van der Waals surface area (Å²) in [5.74, 6) is 0.610. The average Bonchev–Trinajstić information content (AvgIpc) is 2.63. The molecule has 0 atom stereocenters. The van der Waals surface area contributed by atoms with Gasteiger partial charge in [0.15, 0.2) is 0 Å². The number of hydrogen-bond acceptors (Lipinski definition) is 2. The van der Waals surface area contributed by atoms with Crippen molar-refractivity contribution in [2.45, 2.75) is 27.2 Å². The van der Waals surface area contributed by atoms with Crippen LogP contribution in [-0.2, 0) is 6.42 Å². The number of hydrogen-bond donors (Lipinski definition) is 2. The number of nitrogen functional groups attached to an aromatic ring is 1. The van der Waals surface area contributed by atoms with Crippen LogP contribution >= 0.6 is 0 Å². The zero-order chi connectivity index (χ0) is 11.7. The highest BCUT2D eigenvalue weighted by Gasteiger charge is 2.12. The third-order valence-corrected chi connectivity index (χ3v) is 3.13. The number of rotatable bonds is 2. The van der Waals surface area contributed by atoms with Crippen LogP contribution in [0.2, 0.25) is 0 Å². The highest BCUT2D eigenvalue weighted by molar-refractivity contribution is 5.71. The van der Waals surface area contributed by atoms with E-state index in [1.165, 1.54) is 16.7 Å². The van der Waals surface area contributed by atoms with Crippen molar-refractivity contribution in [2.75, 3.05) is 5.73 Å². The van der Waals surface area contributed by atoms with Crippen molar-refractivity contribution < 1.29 is 0 Å². The van der Waals surface area contributed by atoms with Gasteiger partial charge in [0, 0.05) is 11.1 Å². The lowest BCUT2D eigenvalue weighted by Gasteiger charge is -2.08. The third kappa shape index (κ3) is 1.58. The summed E-state index contributed by atoms with van der Waals surface area (Å²) in [7, 11) is 0. The van der Waals surface area contributed by atoms with Gasteiger partial charge in [-0.2, -0.15) is 5.10 Å². The number of aryl methyl sites for hydroxylation is 1. The number of benzene rings is 1. The van der Waals surface area contributed by atoms with Gasteiger partial charge < -0.3 is 5.73 Å². The fraction of sp³-hybridized carbons (Fsp3) is 0.308. The second-order valence-electron chi connectivity index (χ2n) is 4.06. The van der Waals surface area contributed by atoms with Gasteiger partial charge >= 0.3 is 0 Å². The summed E-state index contributed by atoms with van der Waals surface area (Å²) in [4.78, 5) is 0. The van der Waals surface area contributed by atoms with Crippen LogP contribution in [0.15, 0.2) is 18.2 Å². The molecular formula is C13H17N3. The molecular weight excluding hydrogens is 198 g/mol. The SMILES string of the molecule is CCc1c(N)n[nH]c1-c1cccc(C)c1C. The molecule has 1 heterocycles. The van der Waals surface area contributed by atoms with E-state index in [1.807, 2.05) is 0 Å². The first kappa shape index (κ1) is 10.7. The molecule has 1 aromatic carbocycles. The van der Waals surface area contributed by atoms with Crippen LogP contribution in [0.1, 0.15) is 23.6 Å². The van der Waals surface area contributed by atoms with E-state index in [-0.39, 0.29) is 0 Å². The molecule has 0 aliphatic heterocycles. The first-order valence-electron chi connectivity index (χ1n) is 5.54. The summed E-state index contributed by atoms with van der Waals surface area (Å²) < 4.78 is 0. The first-order valence-corrected chi connectivity index (χ1v) is 5.54. The number of aromatic amines is 1. The highest BCUT2D eigenvalue weighted by atomic mass is 15.2. The Hall–Kier alpha value is -1.77. The summed E-state index contributed by atoms with van der Waals surface area (Å²) in [6.07, 6.45) is 0.894. The van der Waals surface area contributed by atoms with E-state index < -0.39 is 0 Å². The molecule has 2 aromatic rings. The van der Waals surface area contributed by atoms with Crippen LogP contribution in [0.5, 0.6) is 0 Å². The Balaban J connectivity index is 2.63. The Kier molecular flexibility index (Phi) is 2.69. The van der Waals surface area contributed by atoms with Crippen molar-refractivity contribution in [1.82, 2.24) is 10.2 Å². The van der Waals surface area contributed by atoms with Crippen LogP contribution in [0.25, 0.3) is 11.3 Å². The Bertz CT molecular complexity index is 512. The van der Waals surface area contributed by atoms with Crippen molar-refractivity contribution >= 4 is 5.82 Å². The van der Waals surface area contributed by atoms with E-state index >= 15 is 0 Å². The van der Waals surface area contributed by atoms with Gasteiger partial charge in [0.1, 0.15) is 5.82 Å². The minimum absolute atomic E-state index is 0.610. The lowest BCUT2D eigenvalue weighted by molar-refractivity contribution is 1.10. The van der Waals surface area contributed by atoms with E-state index in [1.54, 1.807) is 0 Å². The minimum Gasteiger partial charge on any atom is -0.382 e. The molecule has 0 amide bonds. The maximum atomic E-state index is 5.83. The number of aromatic nitrogens is 2. The molecule has 0 aliphatic rings.